The van der Waals surface area contributed by atoms with Crippen LogP contribution in [0.15, 0.2) is 53.3 Å². The first-order valence-electron chi connectivity index (χ1n) is 8.08. The third-order valence-electron chi connectivity index (χ3n) is 3.54. The van der Waals surface area contributed by atoms with Gasteiger partial charge in [-0.1, -0.05) is 23.4 Å². The number of anilines is 1. The number of carbonyl (C=O) groups is 2. The second kappa shape index (κ2) is 8.56. The number of carbonyl (C=O) groups excluding carboxylic acids is 2. The van der Waals surface area contributed by atoms with E-state index in [-0.39, 0.29) is 30.6 Å². The van der Waals surface area contributed by atoms with Crippen LogP contribution in [-0.2, 0) is 17.8 Å². The van der Waals surface area contributed by atoms with Crippen molar-refractivity contribution in [3.05, 3.63) is 66.1 Å². The van der Waals surface area contributed by atoms with E-state index in [1.165, 1.54) is 7.11 Å². The minimum atomic E-state index is -0.525. The van der Waals surface area contributed by atoms with Crippen molar-refractivity contribution in [2.24, 2.45) is 0 Å². The van der Waals surface area contributed by atoms with Crippen LogP contribution in [0.25, 0.3) is 0 Å². The van der Waals surface area contributed by atoms with Gasteiger partial charge in [0.05, 0.1) is 19.2 Å². The van der Waals surface area contributed by atoms with Gasteiger partial charge in [0.1, 0.15) is 5.75 Å². The third-order valence-corrected chi connectivity index (χ3v) is 3.54. The van der Waals surface area contributed by atoms with Crippen molar-refractivity contribution in [2.45, 2.75) is 13.0 Å². The Labute approximate surface area is 154 Å². The first-order chi connectivity index (χ1) is 13.2. The number of nitrogens with one attached hydrogen (secondary N) is 2. The van der Waals surface area contributed by atoms with Crippen molar-refractivity contribution in [3.8, 4) is 5.75 Å². The van der Waals surface area contributed by atoms with Gasteiger partial charge in [-0.25, -0.2) is 0 Å². The maximum atomic E-state index is 12.1. The number of benzene rings is 1. The molecule has 9 nitrogen and oxygen atoms in total. The van der Waals surface area contributed by atoms with Crippen molar-refractivity contribution in [3.63, 3.8) is 0 Å². The van der Waals surface area contributed by atoms with Crippen LogP contribution in [0.4, 0.5) is 5.69 Å². The van der Waals surface area contributed by atoms with Gasteiger partial charge in [0, 0.05) is 18.9 Å². The molecular formula is C18H17N5O4. The molecule has 0 saturated heterocycles. The highest BCUT2D eigenvalue weighted by Crippen LogP contribution is 2.23. The second-order valence-electron chi connectivity index (χ2n) is 5.48. The molecule has 0 saturated carbocycles. The van der Waals surface area contributed by atoms with Crippen LogP contribution in [0.5, 0.6) is 5.75 Å². The number of aromatic nitrogens is 3. The molecule has 2 N–H and O–H groups in total. The van der Waals surface area contributed by atoms with Gasteiger partial charge < -0.3 is 19.9 Å². The van der Waals surface area contributed by atoms with E-state index in [9.17, 15) is 9.59 Å². The van der Waals surface area contributed by atoms with E-state index >= 15 is 0 Å². The Kier molecular flexibility index (Phi) is 5.73. The summed E-state index contributed by atoms with van der Waals surface area (Å²) in [6.07, 6.45) is 3.14. The SMILES string of the molecule is COc1ccccc1NC(=O)Cc1noc(C(=O)NCc2cccnc2)n1. The summed E-state index contributed by atoms with van der Waals surface area (Å²) in [5.74, 6) is -0.451. The highest BCUT2D eigenvalue weighted by molar-refractivity contribution is 5.93. The van der Waals surface area contributed by atoms with Crippen LogP contribution in [-0.4, -0.2) is 34.0 Å². The Hall–Kier alpha value is -3.75. The van der Waals surface area contributed by atoms with Crippen molar-refractivity contribution in [1.29, 1.82) is 0 Å². The summed E-state index contributed by atoms with van der Waals surface area (Å²) in [6.45, 7) is 0.276. The fourth-order valence-electron chi connectivity index (χ4n) is 2.26. The van der Waals surface area contributed by atoms with E-state index in [0.29, 0.717) is 11.4 Å². The van der Waals surface area contributed by atoms with Crippen molar-refractivity contribution in [1.82, 2.24) is 20.4 Å². The lowest BCUT2D eigenvalue weighted by Gasteiger charge is -2.08. The normalized spacial score (nSPS) is 10.3. The molecule has 27 heavy (non-hydrogen) atoms. The maximum absolute atomic E-state index is 12.1. The quantitative estimate of drug-likeness (QED) is 0.651. The fourth-order valence-corrected chi connectivity index (χ4v) is 2.26. The molecule has 0 aliphatic carbocycles. The molecule has 9 heteroatoms. The predicted octanol–water partition coefficient (Wildman–Crippen LogP) is 1.58. The minimum absolute atomic E-state index is 0.105. The molecule has 3 rings (SSSR count). The molecule has 2 aromatic heterocycles. The molecule has 0 aliphatic rings. The lowest BCUT2D eigenvalue weighted by molar-refractivity contribution is -0.115. The molecule has 3 aromatic rings. The number of ether oxygens (including phenoxy) is 1. The monoisotopic (exact) mass is 367 g/mol. The first kappa shape index (κ1) is 18.1. The van der Waals surface area contributed by atoms with Crippen molar-refractivity contribution in [2.75, 3.05) is 12.4 Å². The summed E-state index contributed by atoms with van der Waals surface area (Å²) < 4.78 is 10.1. The minimum Gasteiger partial charge on any atom is -0.495 e. The zero-order chi connectivity index (χ0) is 19.1. The Bertz CT molecular complexity index is 926. The maximum Gasteiger partial charge on any atom is 0.315 e. The molecule has 2 heterocycles. The van der Waals surface area contributed by atoms with E-state index in [1.807, 2.05) is 6.07 Å². The zero-order valence-electron chi connectivity index (χ0n) is 14.5. The number of methoxy groups -OCH3 is 1. The molecule has 0 fully saturated rings. The molecule has 0 radical (unpaired) electrons. The number of rotatable bonds is 7. The number of pyridine rings is 1. The van der Waals surface area contributed by atoms with Crippen LogP contribution in [0.1, 0.15) is 22.1 Å². The van der Waals surface area contributed by atoms with Crippen molar-refractivity contribution < 1.29 is 18.8 Å². The number of amides is 2. The summed E-state index contributed by atoms with van der Waals surface area (Å²) in [7, 11) is 1.51. The lowest BCUT2D eigenvalue weighted by Crippen LogP contribution is -2.23. The molecule has 138 valence electrons. The molecule has 1 aromatic carbocycles. The van der Waals surface area contributed by atoms with Gasteiger partial charge in [0.15, 0.2) is 5.82 Å². The molecule has 2 amide bonds. The zero-order valence-corrected chi connectivity index (χ0v) is 14.5. The molecule has 0 atom stereocenters. The largest absolute Gasteiger partial charge is 0.495 e. The highest BCUT2D eigenvalue weighted by atomic mass is 16.5. The van der Waals surface area contributed by atoms with Gasteiger partial charge >= 0.3 is 11.8 Å². The van der Waals surface area contributed by atoms with E-state index in [2.05, 4.69) is 25.8 Å². The van der Waals surface area contributed by atoms with Crippen LogP contribution >= 0.6 is 0 Å². The molecule has 0 aliphatic heterocycles. The average molecular weight is 367 g/mol. The van der Waals surface area contributed by atoms with E-state index < -0.39 is 5.91 Å². The summed E-state index contributed by atoms with van der Waals surface area (Å²) in [5, 5.41) is 9.01. The van der Waals surface area contributed by atoms with Crippen molar-refractivity contribution >= 4 is 17.5 Å². The van der Waals surface area contributed by atoms with Crippen LogP contribution in [0.2, 0.25) is 0 Å². The van der Waals surface area contributed by atoms with E-state index in [1.54, 1.807) is 42.7 Å². The van der Waals surface area contributed by atoms with Gasteiger partial charge in [0.25, 0.3) is 0 Å². The van der Waals surface area contributed by atoms with Gasteiger partial charge in [0.2, 0.25) is 5.91 Å². The number of nitrogens with zero attached hydrogens (tertiary/aromatic N) is 3. The van der Waals surface area contributed by atoms with Gasteiger partial charge in [-0.15, -0.1) is 0 Å². The van der Waals surface area contributed by atoms with Crippen LogP contribution in [0.3, 0.4) is 0 Å². The predicted molar refractivity (Wildman–Crippen MR) is 95.0 cm³/mol. The topological polar surface area (TPSA) is 119 Å². The van der Waals surface area contributed by atoms with E-state index in [4.69, 9.17) is 9.26 Å². The summed E-state index contributed by atoms with van der Waals surface area (Å²) in [6, 6.07) is 10.6. The summed E-state index contributed by atoms with van der Waals surface area (Å²) in [5.41, 5.74) is 1.37. The Morgan fingerprint density at radius 3 is 2.81 bits per heavy atom. The first-order valence-corrected chi connectivity index (χ1v) is 8.08. The number of hydrogen-bond donors (Lipinski definition) is 2. The van der Waals surface area contributed by atoms with E-state index in [0.717, 1.165) is 5.56 Å². The average Bonchev–Trinajstić information content (AvgIpc) is 3.15. The Morgan fingerprint density at radius 1 is 1.19 bits per heavy atom. The van der Waals surface area contributed by atoms with Crippen LogP contribution < -0.4 is 15.4 Å². The smallest absolute Gasteiger partial charge is 0.315 e. The molecule has 0 unspecified atom stereocenters. The number of para-hydroxylation sites is 2. The number of hydrogen-bond acceptors (Lipinski definition) is 7. The Morgan fingerprint density at radius 2 is 2.04 bits per heavy atom. The Balaban J connectivity index is 1.55. The summed E-state index contributed by atoms with van der Waals surface area (Å²) in [4.78, 5) is 32.1. The third kappa shape index (κ3) is 4.88. The van der Waals surface area contributed by atoms with Gasteiger partial charge in [-0.2, -0.15) is 4.98 Å². The van der Waals surface area contributed by atoms with Gasteiger partial charge in [-0.3, -0.25) is 14.6 Å². The highest BCUT2D eigenvalue weighted by Gasteiger charge is 2.17. The summed E-state index contributed by atoms with van der Waals surface area (Å²) >= 11 is 0. The molecular weight excluding hydrogens is 350 g/mol. The van der Waals surface area contributed by atoms with Gasteiger partial charge in [-0.05, 0) is 23.8 Å². The standard InChI is InChI=1S/C18H17N5O4/c1-26-14-7-3-2-6-13(14)21-16(24)9-15-22-18(27-23-15)17(25)20-11-12-5-4-8-19-10-12/h2-8,10H,9,11H2,1H3,(H,20,25)(H,21,24). The lowest BCUT2D eigenvalue weighted by atomic mass is 10.2. The van der Waals surface area contributed by atoms with Crippen LogP contribution in [0, 0.1) is 0 Å². The fraction of sp³-hybridized carbons (Fsp3) is 0.167. The molecule has 0 bridgehead atoms. The molecule has 0 spiro atoms. The second-order valence-corrected chi connectivity index (χ2v) is 5.48.